The molecule has 0 aliphatic rings. The molecule has 1 aromatic heterocycles. The van der Waals surface area contributed by atoms with Gasteiger partial charge in [-0.15, -0.1) is 0 Å². The van der Waals surface area contributed by atoms with E-state index >= 15 is 0 Å². The van der Waals surface area contributed by atoms with Gasteiger partial charge in [-0.2, -0.15) is 13.2 Å². The summed E-state index contributed by atoms with van der Waals surface area (Å²) in [6.45, 7) is 3.38. The van der Waals surface area contributed by atoms with Gasteiger partial charge in [-0.05, 0) is 12.1 Å². The molecule has 0 spiro atoms. The summed E-state index contributed by atoms with van der Waals surface area (Å²) in [5.74, 6) is -1.27. The Balaban J connectivity index is 2.87. The first-order valence-electron chi connectivity index (χ1n) is 6.55. The molecule has 24 heavy (non-hydrogen) atoms. The van der Waals surface area contributed by atoms with Crippen LogP contribution in [0.3, 0.4) is 0 Å². The maximum absolute atomic E-state index is 13.2. The largest absolute Gasteiger partial charge is 0.497 e. The lowest BCUT2D eigenvalue weighted by molar-refractivity contribution is -0.140. The third kappa shape index (κ3) is 3.05. The number of rotatable bonds is 3. The van der Waals surface area contributed by atoms with E-state index in [1.165, 1.54) is 19.2 Å². The molecule has 0 aliphatic carbocycles. The number of benzene rings is 1. The zero-order valence-electron chi connectivity index (χ0n) is 12.7. The molecule has 0 radical (unpaired) electrons. The first-order chi connectivity index (χ1) is 11.2. The van der Waals surface area contributed by atoms with Gasteiger partial charge in [0.25, 0.3) is 5.56 Å². The molecule has 1 N–H and O–H groups in total. The van der Waals surface area contributed by atoms with Crippen LogP contribution < -0.4 is 20.9 Å². The number of carbonyl (C=O) groups is 1. The SMILES string of the molecule is C=c1[nH]n(-c2cccc(OC)c2)c(=O)c1=C(C(=O)OC)C(F)(F)F. The molecule has 1 heterocycles. The minimum absolute atomic E-state index is 0.224. The second-order valence-corrected chi connectivity index (χ2v) is 4.67. The lowest BCUT2D eigenvalue weighted by Gasteiger charge is -2.08. The second-order valence-electron chi connectivity index (χ2n) is 4.67. The van der Waals surface area contributed by atoms with Gasteiger partial charge in [0.1, 0.15) is 5.75 Å². The summed E-state index contributed by atoms with van der Waals surface area (Å²) < 4.78 is 49.6. The van der Waals surface area contributed by atoms with Crippen LogP contribution in [0.5, 0.6) is 5.75 Å². The van der Waals surface area contributed by atoms with Crippen LogP contribution >= 0.6 is 0 Å². The Kier molecular flexibility index (Phi) is 4.54. The number of aromatic amines is 1. The molecular weight excluding hydrogens is 329 g/mol. The van der Waals surface area contributed by atoms with Crippen molar-refractivity contribution in [3.8, 4) is 11.4 Å². The highest BCUT2D eigenvalue weighted by atomic mass is 19.4. The van der Waals surface area contributed by atoms with Crippen molar-refractivity contribution in [2.75, 3.05) is 14.2 Å². The number of alkyl halides is 3. The van der Waals surface area contributed by atoms with Crippen LogP contribution in [0.15, 0.2) is 29.1 Å². The number of ether oxygens (including phenoxy) is 2. The minimum atomic E-state index is -5.08. The van der Waals surface area contributed by atoms with Crippen LogP contribution in [-0.4, -0.2) is 36.1 Å². The summed E-state index contributed by atoms with van der Waals surface area (Å²) in [6.07, 6.45) is -5.08. The molecule has 128 valence electrons. The molecule has 0 unspecified atom stereocenters. The Hall–Kier alpha value is -2.97. The van der Waals surface area contributed by atoms with Crippen molar-refractivity contribution in [1.29, 1.82) is 0 Å². The number of hydrogen-bond acceptors (Lipinski definition) is 4. The van der Waals surface area contributed by atoms with Crippen molar-refractivity contribution in [2.45, 2.75) is 6.18 Å². The van der Waals surface area contributed by atoms with Gasteiger partial charge in [0.15, 0.2) is 5.57 Å². The topological polar surface area (TPSA) is 73.3 Å². The van der Waals surface area contributed by atoms with Gasteiger partial charge in [-0.25, -0.2) is 9.48 Å². The Morgan fingerprint density at radius 2 is 1.96 bits per heavy atom. The Morgan fingerprint density at radius 3 is 2.50 bits per heavy atom. The molecule has 6 nitrogen and oxygen atoms in total. The smallest absolute Gasteiger partial charge is 0.424 e. The van der Waals surface area contributed by atoms with Crippen molar-refractivity contribution < 1.29 is 27.4 Å². The minimum Gasteiger partial charge on any atom is -0.497 e. The van der Waals surface area contributed by atoms with Crippen LogP contribution in [0.1, 0.15) is 0 Å². The molecule has 2 rings (SSSR count). The highest BCUT2D eigenvalue weighted by Crippen LogP contribution is 2.26. The third-order valence-electron chi connectivity index (χ3n) is 3.20. The second kappa shape index (κ2) is 6.26. The first-order valence-corrected chi connectivity index (χ1v) is 6.55. The maximum atomic E-state index is 13.2. The van der Waals surface area contributed by atoms with Crippen molar-refractivity contribution in [2.24, 2.45) is 0 Å². The van der Waals surface area contributed by atoms with Crippen LogP contribution in [0, 0.1) is 0 Å². The molecule has 0 saturated carbocycles. The van der Waals surface area contributed by atoms with Crippen LogP contribution in [0.2, 0.25) is 0 Å². The van der Waals surface area contributed by atoms with Gasteiger partial charge < -0.3 is 9.47 Å². The number of methoxy groups -OCH3 is 2. The van der Waals surface area contributed by atoms with Crippen LogP contribution in [0.25, 0.3) is 17.8 Å². The average Bonchev–Trinajstić information content (AvgIpc) is 2.82. The van der Waals surface area contributed by atoms with E-state index in [4.69, 9.17) is 4.74 Å². The van der Waals surface area contributed by atoms with E-state index in [0.717, 1.165) is 11.8 Å². The van der Waals surface area contributed by atoms with Crippen molar-refractivity contribution in [3.05, 3.63) is 45.2 Å². The molecule has 2 aromatic rings. The quantitative estimate of drug-likeness (QED) is 0.823. The third-order valence-corrected chi connectivity index (χ3v) is 3.20. The molecule has 1 aromatic carbocycles. The number of hydrogen-bond donors (Lipinski definition) is 1. The highest BCUT2D eigenvalue weighted by Gasteiger charge is 2.41. The number of H-pyrrole nitrogens is 1. The van der Waals surface area contributed by atoms with Gasteiger partial charge in [-0.1, -0.05) is 12.6 Å². The average molecular weight is 342 g/mol. The van der Waals surface area contributed by atoms with E-state index < -0.39 is 28.5 Å². The normalized spacial score (nSPS) is 12.7. The fraction of sp³-hybridized carbons (Fsp3) is 0.200. The van der Waals surface area contributed by atoms with E-state index in [-0.39, 0.29) is 11.0 Å². The van der Waals surface area contributed by atoms with Crippen LogP contribution in [-0.2, 0) is 9.53 Å². The zero-order valence-corrected chi connectivity index (χ0v) is 12.7. The number of carbonyl (C=O) groups excluding carboxylic acids is 1. The standard InChI is InChI=1S/C15H13F3N2O4/c1-8-11(12(14(22)24-3)15(16,17)18)13(21)20(19-8)9-5-4-6-10(7-9)23-2/h4-7,19H,1H2,2-3H3. The highest BCUT2D eigenvalue weighted by molar-refractivity contribution is 6.11. The Labute approximate surface area is 133 Å². The van der Waals surface area contributed by atoms with Crippen molar-refractivity contribution >= 4 is 18.1 Å². The monoisotopic (exact) mass is 342 g/mol. The van der Waals surface area contributed by atoms with E-state index in [1.807, 2.05) is 0 Å². The number of nitrogens with zero attached hydrogens (tertiary/aromatic N) is 1. The van der Waals surface area contributed by atoms with Gasteiger partial charge >= 0.3 is 12.1 Å². The molecule has 0 bridgehead atoms. The van der Waals surface area contributed by atoms with Gasteiger partial charge in [0.05, 0.1) is 30.5 Å². The Morgan fingerprint density at radius 1 is 1.29 bits per heavy atom. The summed E-state index contributed by atoms with van der Waals surface area (Å²) >= 11 is 0. The molecule has 0 aliphatic heterocycles. The number of nitrogens with one attached hydrogen (secondary N) is 1. The summed E-state index contributed by atoms with van der Waals surface area (Å²) in [5.41, 5.74) is -2.56. The summed E-state index contributed by atoms with van der Waals surface area (Å²) in [7, 11) is 2.20. The molecule has 0 amide bonds. The summed E-state index contributed by atoms with van der Waals surface area (Å²) in [6, 6.07) is 6.07. The lowest BCUT2D eigenvalue weighted by atomic mass is 10.2. The van der Waals surface area contributed by atoms with Crippen molar-refractivity contribution in [1.82, 2.24) is 9.78 Å². The summed E-state index contributed by atoms with van der Waals surface area (Å²) in [4.78, 5) is 23.9. The van der Waals surface area contributed by atoms with Gasteiger partial charge in [0, 0.05) is 6.07 Å². The molecule has 9 heteroatoms. The fourth-order valence-electron chi connectivity index (χ4n) is 2.13. The molecule has 0 atom stereocenters. The predicted octanol–water partition coefficient (Wildman–Crippen LogP) is 0.470. The molecule has 0 fully saturated rings. The maximum Gasteiger partial charge on any atom is 0.424 e. The molecule has 0 saturated heterocycles. The number of esters is 1. The van der Waals surface area contributed by atoms with Crippen LogP contribution in [0.4, 0.5) is 13.2 Å². The number of aromatic nitrogens is 2. The zero-order chi connectivity index (χ0) is 18.1. The predicted molar refractivity (Wildman–Crippen MR) is 79.2 cm³/mol. The van der Waals surface area contributed by atoms with Crippen molar-refractivity contribution in [3.63, 3.8) is 0 Å². The van der Waals surface area contributed by atoms with Gasteiger partial charge in [-0.3, -0.25) is 9.89 Å². The van der Waals surface area contributed by atoms with E-state index in [9.17, 15) is 22.8 Å². The summed E-state index contributed by atoms with van der Waals surface area (Å²) in [5, 5.41) is 1.17. The first kappa shape index (κ1) is 17.4. The van der Waals surface area contributed by atoms with E-state index in [2.05, 4.69) is 16.4 Å². The Bertz CT molecular complexity index is 941. The van der Waals surface area contributed by atoms with E-state index in [0.29, 0.717) is 5.75 Å². The van der Waals surface area contributed by atoms with Gasteiger partial charge in [0.2, 0.25) is 0 Å². The number of halogens is 3. The fourth-order valence-corrected chi connectivity index (χ4v) is 2.13. The van der Waals surface area contributed by atoms with E-state index in [1.54, 1.807) is 12.1 Å². The molecular formula is C15H13F3N2O4. The lowest BCUT2D eigenvalue weighted by Crippen LogP contribution is -2.42.